The Labute approximate surface area is 220 Å². The topological polar surface area (TPSA) is 95.1 Å². The number of piperidine rings is 1. The fourth-order valence-corrected chi connectivity index (χ4v) is 7.57. The van der Waals surface area contributed by atoms with Gasteiger partial charge in [0.2, 0.25) is 26.0 Å². The van der Waals surface area contributed by atoms with E-state index in [0.29, 0.717) is 31.2 Å². The Kier molecular flexibility index (Phi) is 10.2. The van der Waals surface area contributed by atoms with Crippen molar-refractivity contribution in [3.05, 3.63) is 66.0 Å². The molecule has 0 saturated carbocycles. The Morgan fingerprint density at radius 3 is 2.14 bits per heavy atom. The van der Waals surface area contributed by atoms with E-state index in [2.05, 4.69) is 0 Å². The van der Waals surface area contributed by atoms with Crippen LogP contribution in [0.1, 0.15) is 45.1 Å². The molecule has 3 rings (SSSR count). The minimum absolute atomic E-state index is 0.0338. The number of carbonyl (C=O) groups is 1. The zero-order chi connectivity index (χ0) is 27.1. The van der Waals surface area contributed by atoms with E-state index < -0.39 is 20.0 Å². The number of amides is 1. The van der Waals surface area contributed by atoms with E-state index >= 15 is 0 Å². The van der Waals surface area contributed by atoms with Crippen LogP contribution in [0.3, 0.4) is 0 Å². The molecular formula is C26H36FN3O5S2. The lowest BCUT2D eigenvalue weighted by molar-refractivity contribution is -0.135. The first kappa shape index (κ1) is 29.2. The third kappa shape index (κ3) is 7.59. The number of rotatable bonds is 12. The SMILES string of the molecule is CCCN(CC(=O)N(Cc1ccc(F)cc1)C1CCN(S(=O)(=O)c2ccccc2)CC1)S(=O)(=O)CCC. The maximum Gasteiger partial charge on any atom is 0.243 e. The normalized spacial score (nSPS) is 15.7. The van der Waals surface area contributed by atoms with Gasteiger partial charge in [-0.3, -0.25) is 4.79 Å². The summed E-state index contributed by atoms with van der Waals surface area (Å²) in [6.45, 7) is 4.26. The Morgan fingerprint density at radius 1 is 0.946 bits per heavy atom. The van der Waals surface area contributed by atoms with E-state index in [1.807, 2.05) is 6.92 Å². The average molecular weight is 554 g/mol. The first-order valence-corrected chi connectivity index (χ1v) is 15.7. The molecule has 11 heteroatoms. The van der Waals surface area contributed by atoms with Crippen LogP contribution in [-0.4, -0.2) is 74.2 Å². The highest BCUT2D eigenvalue weighted by molar-refractivity contribution is 7.89. The van der Waals surface area contributed by atoms with Crippen molar-refractivity contribution in [2.45, 2.75) is 57.0 Å². The number of halogens is 1. The quantitative estimate of drug-likeness (QED) is 0.401. The van der Waals surface area contributed by atoms with Gasteiger partial charge in [0.25, 0.3) is 0 Å². The third-order valence-electron chi connectivity index (χ3n) is 6.47. The largest absolute Gasteiger partial charge is 0.334 e. The molecular weight excluding hydrogens is 517 g/mol. The van der Waals surface area contributed by atoms with Crippen molar-refractivity contribution in [3.8, 4) is 0 Å². The minimum Gasteiger partial charge on any atom is -0.334 e. The molecule has 1 fully saturated rings. The number of carbonyl (C=O) groups excluding carboxylic acids is 1. The highest BCUT2D eigenvalue weighted by Gasteiger charge is 2.34. The Bertz CT molecular complexity index is 1230. The van der Waals surface area contributed by atoms with Crippen molar-refractivity contribution in [1.29, 1.82) is 0 Å². The molecule has 0 spiro atoms. The van der Waals surface area contributed by atoms with Gasteiger partial charge in [0.1, 0.15) is 5.82 Å². The predicted molar refractivity (Wildman–Crippen MR) is 141 cm³/mol. The van der Waals surface area contributed by atoms with Crippen LogP contribution in [0.25, 0.3) is 0 Å². The molecule has 8 nitrogen and oxygen atoms in total. The van der Waals surface area contributed by atoms with Gasteiger partial charge in [-0.05, 0) is 55.5 Å². The first-order valence-electron chi connectivity index (χ1n) is 12.7. The van der Waals surface area contributed by atoms with Gasteiger partial charge in [0.15, 0.2) is 0 Å². The van der Waals surface area contributed by atoms with Crippen molar-refractivity contribution < 1.29 is 26.0 Å². The van der Waals surface area contributed by atoms with Crippen LogP contribution >= 0.6 is 0 Å². The van der Waals surface area contributed by atoms with E-state index in [1.165, 1.54) is 20.7 Å². The molecule has 204 valence electrons. The standard InChI is InChI=1S/C26H36FN3O5S2/c1-3-16-29(36(32,33)19-4-2)21-26(31)30(20-22-10-12-23(27)13-11-22)24-14-17-28(18-15-24)37(34,35)25-8-6-5-7-9-25/h5-13,24H,3-4,14-21H2,1-2H3. The monoisotopic (exact) mass is 553 g/mol. The van der Waals surface area contributed by atoms with E-state index in [-0.39, 0.29) is 61.1 Å². The van der Waals surface area contributed by atoms with Crippen LogP contribution in [0, 0.1) is 5.82 Å². The van der Waals surface area contributed by atoms with Crippen molar-refractivity contribution in [3.63, 3.8) is 0 Å². The molecule has 37 heavy (non-hydrogen) atoms. The summed E-state index contributed by atoms with van der Waals surface area (Å²) in [6, 6.07) is 13.8. The van der Waals surface area contributed by atoms with E-state index in [0.717, 1.165) is 0 Å². The predicted octanol–water partition coefficient (Wildman–Crippen LogP) is 3.46. The van der Waals surface area contributed by atoms with Crippen LogP contribution < -0.4 is 0 Å². The summed E-state index contributed by atoms with van der Waals surface area (Å²) in [5, 5.41) is 0. The van der Waals surface area contributed by atoms with Gasteiger partial charge in [0.05, 0.1) is 17.2 Å². The second kappa shape index (κ2) is 12.9. The zero-order valence-electron chi connectivity index (χ0n) is 21.4. The highest BCUT2D eigenvalue weighted by atomic mass is 32.2. The molecule has 0 atom stereocenters. The molecule has 1 aliphatic heterocycles. The van der Waals surface area contributed by atoms with Gasteiger partial charge in [-0.15, -0.1) is 0 Å². The molecule has 1 amide bonds. The molecule has 2 aromatic rings. The molecule has 2 aromatic carbocycles. The first-order chi connectivity index (χ1) is 17.6. The fourth-order valence-electron chi connectivity index (χ4n) is 4.54. The summed E-state index contributed by atoms with van der Waals surface area (Å²) in [6.07, 6.45) is 1.84. The van der Waals surface area contributed by atoms with Crippen molar-refractivity contribution >= 4 is 26.0 Å². The smallest absolute Gasteiger partial charge is 0.243 e. The van der Waals surface area contributed by atoms with Crippen LogP contribution in [0.15, 0.2) is 59.5 Å². The summed E-state index contributed by atoms with van der Waals surface area (Å²) in [5.41, 5.74) is 0.715. The van der Waals surface area contributed by atoms with Crippen molar-refractivity contribution in [2.75, 3.05) is 31.9 Å². The van der Waals surface area contributed by atoms with Gasteiger partial charge < -0.3 is 4.90 Å². The zero-order valence-corrected chi connectivity index (χ0v) is 23.1. The van der Waals surface area contributed by atoms with Gasteiger partial charge in [-0.1, -0.05) is 44.2 Å². The Hall–Kier alpha value is -2.34. The Balaban J connectivity index is 1.80. The van der Waals surface area contributed by atoms with Crippen molar-refractivity contribution in [2.24, 2.45) is 0 Å². The molecule has 1 heterocycles. The fraction of sp³-hybridized carbons (Fsp3) is 0.500. The molecule has 0 unspecified atom stereocenters. The lowest BCUT2D eigenvalue weighted by Gasteiger charge is -2.39. The summed E-state index contributed by atoms with van der Waals surface area (Å²) >= 11 is 0. The summed E-state index contributed by atoms with van der Waals surface area (Å²) in [4.78, 5) is 15.4. The van der Waals surface area contributed by atoms with Crippen LogP contribution in [0.5, 0.6) is 0 Å². The number of hydrogen-bond donors (Lipinski definition) is 0. The van der Waals surface area contributed by atoms with Gasteiger partial charge in [-0.2, -0.15) is 8.61 Å². The van der Waals surface area contributed by atoms with E-state index in [1.54, 1.807) is 54.3 Å². The summed E-state index contributed by atoms with van der Waals surface area (Å²) < 4.78 is 67.8. The second-order valence-electron chi connectivity index (χ2n) is 9.25. The number of nitrogens with zero attached hydrogens (tertiary/aromatic N) is 3. The lowest BCUT2D eigenvalue weighted by atomic mass is 10.0. The highest BCUT2D eigenvalue weighted by Crippen LogP contribution is 2.25. The molecule has 1 aliphatic rings. The van der Waals surface area contributed by atoms with Crippen LogP contribution in [0.2, 0.25) is 0 Å². The number of benzene rings is 2. The molecule has 0 N–H and O–H groups in total. The van der Waals surface area contributed by atoms with Gasteiger partial charge >= 0.3 is 0 Å². The molecule has 0 radical (unpaired) electrons. The third-order valence-corrected chi connectivity index (χ3v) is 10.4. The van der Waals surface area contributed by atoms with E-state index in [9.17, 15) is 26.0 Å². The minimum atomic E-state index is -3.65. The van der Waals surface area contributed by atoms with Crippen molar-refractivity contribution in [1.82, 2.24) is 13.5 Å². The van der Waals surface area contributed by atoms with Gasteiger partial charge in [0, 0.05) is 32.2 Å². The molecule has 1 saturated heterocycles. The maximum atomic E-state index is 13.6. The van der Waals surface area contributed by atoms with Gasteiger partial charge in [-0.25, -0.2) is 21.2 Å². The lowest BCUT2D eigenvalue weighted by Crippen LogP contribution is -2.51. The summed E-state index contributed by atoms with van der Waals surface area (Å²) in [7, 11) is -7.23. The number of hydrogen-bond acceptors (Lipinski definition) is 5. The van der Waals surface area contributed by atoms with E-state index in [4.69, 9.17) is 0 Å². The number of sulfonamides is 2. The second-order valence-corrected chi connectivity index (χ2v) is 13.3. The molecule has 0 aliphatic carbocycles. The molecule has 0 bridgehead atoms. The van der Waals surface area contributed by atoms with Crippen LogP contribution in [0.4, 0.5) is 4.39 Å². The van der Waals surface area contributed by atoms with Crippen LogP contribution in [-0.2, 0) is 31.4 Å². The average Bonchev–Trinajstić information content (AvgIpc) is 2.88. The summed E-state index contributed by atoms with van der Waals surface area (Å²) in [5.74, 6) is -0.767. The maximum absolute atomic E-state index is 13.6. The molecule has 0 aromatic heterocycles. The Morgan fingerprint density at radius 2 is 1.57 bits per heavy atom.